The summed E-state index contributed by atoms with van der Waals surface area (Å²) in [5.41, 5.74) is 1.60. The van der Waals surface area contributed by atoms with Crippen molar-refractivity contribution in [2.45, 2.75) is 39.0 Å². The number of rotatable bonds is 7. The van der Waals surface area contributed by atoms with Crippen molar-refractivity contribution in [2.24, 2.45) is 0 Å². The molecule has 1 heterocycles. The van der Waals surface area contributed by atoms with Crippen LogP contribution in [0.5, 0.6) is 0 Å². The number of aliphatic hydroxyl groups is 1. The molecule has 16 heavy (non-hydrogen) atoms. The van der Waals surface area contributed by atoms with Gasteiger partial charge in [-0.2, -0.15) is 0 Å². The van der Waals surface area contributed by atoms with Gasteiger partial charge in [-0.1, -0.05) is 13.8 Å². The van der Waals surface area contributed by atoms with Gasteiger partial charge in [0.1, 0.15) is 0 Å². The van der Waals surface area contributed by atoms with Gasteiger partial charge >= 0.3 is 0 Å². The highest BCUT2D eigenvalue weighted by atomic mass is 32.1. The average Bonchev–Trinajstić information content (AvgIpc) is 2.65. The Morgan fingerprint density at radius 2 is 2.12 bits per heavy atom. The van der Waals surface area contributed by atoms with E-state index in [4.69, 9.17) is 5.11 Å². The van der Waals surface area contributed by atoms with E-state index in [0.29, 0.717) is 6.61 Å². The van der Waals surface area contributed by atoms with Crippen molar-refractivity contribution in [3.8, 4) is 0 Å². The number of aliphatic hydroxyl groups excluding tert-OH is 1. The third-order valence-electron chi connectivity index (χ3n) is 2.81. The van der Waals surface area contributed by atoms with E-state index in [0.717, 1.165) is 25.9 Å². The number of hydrogen-bond acceptors (Lipinski definition) is 3. The quantitative estimate of drug-likeness (QED) is 0.719. The highest BCUT2D eigenvalue weighted by molar-refractivity contribution is 7.10. The zero-order valence-electron chi connectivity index (χ0n) is 10.5. The van der Waals surface area contributed by atoms with Crippen LogP contribution in [0.2, 0.25) is 0 Å². The minimum atomic E-state index is 0.206. The summed E-state index contributed by atoms with van der Waals surface area (Å²) in [4.78, 5) is 1.47. The molecule has 1 rings (SSSR count). The molecule has 1 aromatic heterocycles. The van der Waals surface area contributed by atoms with E-state index in [1.807, 2.05) is 11.3 Å². The smallest absolute Gasteiger partial charge is 0.0431 e. The van der Waals surface area contributed by atoms with Crippen molar-refractivity contribution in [1.29, 1.82) is 0 Å². The van der Waals surface area contributed by atoms with Crippen LogP contribution in [0.3, 0.4) is 0 Å². The van der Waals surface area contributed by atoms with Gasteiger partial charge in [-0.3, -0.25) is 0 Å². The van der Waals surface area contributed by atoms with Gasteiger partial charge in [-0.15, -0.1) is 11.3 Å². The zero-order valence-corrected chi connectivity index (χ0v) is 11.4. The zero-order chi connectivity index (χ0) is 12.0. The molecule has 0 saturated heterocycles. The van der Waals surface area contributed by atoms with Gasteiger partial charge in [0.2, 0.25) is 0 Å². The van der Waals surface area contributed by atoms with Crippen LogP contribution >= 0.6 is 11.3 Å². The molecule has 0 bridgehead atoms. The summed E-state index contributed by atoms with van der Waals surface area (Å²) in [6.45, 7) is 9.04. The maximum absolute atomic E-state index is 8.69. The van der Waals surface area contributed by atoms with E-state index in [2.05, 4.69) is 37.5 Å². The molecule has 0 radical (unpaired) electrons. The van der Waals surface area contributed by atoms with E-state index in [9.17, 15) is 0 Å². The Labute approximate surface area is 103 Å². The maximum atomic E-state index is 8.69. The lowest BCUT2D eigenvalue weighted by Gasteiger charge is -2.25. The number of unbranched alkanes of at least 4 members (excludes halogenated alkanes) is 1. The van der Waals surface area contributed by atoms with Crippen LogP contribution in [-0.2, 0) is 5.41 Å². The molecule has 0 aliphatic rings. The Balaban J connectivity index is 2.37. The first kappa shape index (κ1) is 13.7. The van der Waals surface area contributed by atoms with E-state index < -0.39 is 0 Å². The first-order chi connectivity index (χ1) is 7.58. The Hall–Kier alpha value is -0.380. The predicted molar refractivity (Wildman–Crippen MR) is 71.3 cm³/mol. The minimum Gasteiger partial charge on any atom is -0.396 e. The first-order valence-electron chi connectivity index (χ1n) is 5.94. The van der Waals surface area contributed by atoms with Crippen LogP contribution in [0.15, 0.2) is 11.4 Å². The molecule has 92 valence electrons. The molecule has 0 saturated carbocycles. The summed E-state index contributed by atoms with van der Waals surface area (Å²) in [6.07, 6.45) is 1.95. The summed E-state index contributed by atoms with van der Waals surface area (Å²) >= 11 is 1.84. The Morgan fingerprint density at radius 3 is 2.69 bits per heavy atom. The lowest BCUT2D eigenvalue weighted by atomic mass is 9.89. The average molecular weight is 241 g/mol. The van der Waals surface area contributed by atoms with Crippen molar-refractivity contribution in [2.75, 3.05) is 19.7 Å². The topological polar surface area (TPSA) is 32.3 Å². The Morgan fingerprint density at radius 1 is 1.38 bits per heavy atom. The van der Waals surface area contributed by atoms with Gasteiger partial charge in [0.05, 0.1) is 0 Å². The molecule has 0 atom stereocenters. The standard InChI is InChI=1S/C13H23NOS/c1-11-6-9-16-12(11)13(2,3)10-14-7-4-5-8-15/h6,9,14-15H,4-5,7-8,10H2,1-3H3. The molecule has 1 aromatic rings. The molecule has 0 aromatic carbocycles. The van der Waals surface area contributed by atoms with Gasteiger partial charge in [0.25, 0.3) is 0 Å². The van der Waals surface area contributed by atoms with E-state index in [-0.39, 0.29) is 5.41 Å². The molecule has 0 aliphatic carbocycles. The molecule has 2 nitrogen and oxygen atoms in total. The molecule has 0 amide bonds. The summed E-state index contributed by atoms with van der Waals surface area (Å²) in [5, 5.41) is 14.3. The largest absolute Gasteiger partial charge is 0.396 e. The van der Waals surface area contributed by atoms with Crippen molar-refractivity contribution in [3.05, 3.63) is 21.9 Å². The van der Waals surface area contributed by atoms with Gasteiger partial charge in [0, 0.05) is 23.4 Å². The van der Waals surface area contributed by atoms with Crippen LogP contribution in [0.25, 0.3) is 0 Å². The fourth-order valence-electron chi connectivity index (χ4n) is 1.91. The fraction of sp³-hybridized carbons (Fsp3) is 0.692. The summed E-state index contributed by atoms with van der Waals surface area (Å²) in [5.74, 6) is 0. The summed E-state index contributed by atoms with van der Waals surface area (Å²) in [6, 6.07) is 2.19. The number of aryl methyl sites for hydroxylation is 1. The second-order valence-corrected chi connectivity index (χ2v) is 5.84. The summed E-state index contributed by atoms with van der Waals surface area (Å²) < 4.78 is 0. The molecular weight excluding hydrogens is 218 g/mol. The van der Waals surface area contributed by atoms with Gasteiger partial charge in [-0.25, -0.2) is 0 Å². The normalized spacial score (nSPS) is 12.0. The van der Waals surface area contributed by atoms with Crippen LogP contribution in [0.4, 0.5) is 0 Å². The highest BCUT2D eigenvalue weighted by Crippen LogP contribution is 2.30. The number of nitrogens with one attached hydrogen (secondary N) is 1. The van der Waals surface area contributed by atoms with Gasteiger partial charge in [0.15, 0.2) is 0 Å². The molecule has 0 unspecified atom stereocenters. The SMILES string of the molecule is Cc1ccsc1C(C)(C)CNCCCCO. The van der Waals surface area contributed by atoms with Crippen molar-refractivity contribution < 1.29 is 5.11 Å². The van der Waals surface area contributed by atoms with Gasteiger partial charge < -0.3 is 10.4 Å². The highest BCUT2D eigenvalue weighted by Gasteiger charge is 2.22. The van der Waals surface area contributed by atoms with Crippen LogP contribution in [0, 0.1) is 6.92 Å². The van der Waals surface area contributed by atoms with Crippen LogP contribution in [-0.4, -0.2) is 24.8 Å². The third kappa shape index (κ3) is 3.89. The maximum Gasteiger partial charge on any atom is 0.0431 e. The first-order valence-corrected chi connectivity index (χ1v) is 6.82. The molecule has 0 aliphatic heterocycles. The Bertz CT molecular complexity index is 307. The van der Waals surface area contributed by atoms with Crippen LogP contribution < -0.4 is 5.32 Å². The van der Waals surface area contributed by atoms with Crippen molar-refractivity contribution >= 4 is 11.3 Å². The molecule has 2 N–H and O–H groups in total. The second kappa shape index (κ2) is 6.38. The van der Waals surface area contributed by atoms with E-state index in [1.54, 1.807) is 0 Å². The predicted octanol–water partition coefficient (Wildman–Crippen LogP) is 2.70. The minimum absolute atomic E-state index is 0.206. The van der Waals surface area contributed by atoms with E-state index in [1.165, 1.54) is 10.4 Å². The third-order valence-corrected chi connectivity index (χ3v) is 4.19. The van der Waals surface area contributed by atoms with Crippen LogP contribution in [0.1, 0.15) is 37.1 Å². The Kier molecular flexibility index (Phi) is 5.46. The van der Waals surface area contributed by atoms with Gasteiger partial charge in [-0.05, 0) is 43.3 Å². The lowest BCUT2D eigenvalue weighted by molar-refractivity contribution is 0.283. The molecular formula is C13H23NOS. The lowest BCUT2D eigenvalue weighted by Crippen LogP contribution is -2.33. The van der Waals surface area contributed by atoms with Crippen molar-refractivity contribution in [1.82, 2.24) is 5.32 Å². The molecule has 0 fully saturated rings. The fourth-order valence-corrected chi connectivity index (χ4v) is 2.96. The van der Waals surface area contributed by atoms with Crippen molar-refractivity contribution in [3.63, 3.8) is 0 Å². The second-order valence-electron chi connectivity index (χ2n) is 4.92. The summed E-state index contributed by atoms with van der Waals surface area (Å²) in [7, 11) is 0. The molecule has 0 spiro atoms. The number of hydrogen-bond donors (Lipinski definition) is 2. The molecule has 3 heteroatoms. The van der Waals surface area contributed by atoms with E-state index >= 15 is 0 Å². The monoisotopic (exact) mass is 241 g/mol. The number of thiophene rings is 1.